The Morgan fingerprint density at radius 2 is 1.46 bits per heavy atom. The number of carbonyl (C=O) groups is 5. The molecule has 0 spiro atoms. The van der Waals surface area contributed by atoms with Gasteiger partial charge in [0.25, 0.3) is 33.7 Å². The lowest BCUT2D eigenvalue weighted by atomic mass is 10.1. The number of hydrogen-bond donors (Lipinski definition) is 2. The van der Waals surface area contributed by atoms with Crippen LogP contribution in [-0.2, 0) is 48.3 Å². The van der Waals surface area contributed by atoms with Gasteiger partial charge in [-0.15, -0.1) is 4.33 Å². The van der Waals surface area contributed by atoms with Crippen LogP contribution in [0.3, 0.4) is 0 Å². The molecule has 4 amide bonds. The van der Waals surface area contributed by atoms with Gasteiger partial charge in [0.05, 0.1) is 11.8 Å². The Bertz CT molecular complexity index is 826. The molecule has 2 N–H and O–H groups in total. The van der Waals surface area contributed by atoms with Crippen LogP contribution in [0.4, 0.5) is 4.79 Å². The molecular formula is C11H12N2O13S2. The summed E-state index contributed by atoms with van der Waals surface area (Å²) in [5.41, 5.74) is 0. The normalized spacial score (nSPS) is 28.3. The first-order chi connectivity index (χ1) is 12.9. The summed E-state index contributed by atoms with van der Waals surface area (Å²) in [7, 11) is -4.98. The van der Waals surface area contributed by atoms with Gasteiger partial charge in [-0.05, 0) is 0 Å². The third-order valence-corrected chi connectivity index (χ3v) is 6.01. The number of hydrogen-bond acceptors (Lipinski definition) is 13. The maximum Gasteiger partial charge on any atom is 0.560 e. The van der Waals surface area contributed by atoms with Crippen LogP contribution >= 0.6 is 12.0 Å². The SMILES string of the molecule is CC1C(=O)N(OC(=O)ON2C(=O)C(C)C(S(=O)(=O)O)C2=O)C(=O)C1SOOO. The topological polar surface area (TPSA) is 203 Å². The predicted octanol–water partition coefficient (Wildman–Crippen LogP) is -1.33. The first-order valence-electron chi connectivity index (χ1n) is 7.17. The van der Waals surface area contributed by atoms with E-state index in [0.717, 1.165) is 6.92 Å². The molecule has 4 atom stereocenters. The van der Waals surface area contributed by atoms with Crippen molar-refractivity contribution in [2.24, 2.45) is 11.8 Å². The summed E-state index contributed by atoms with van der Waals surface area (Å²) in [5.74, 6) is -7.63. The number of imide groups is 2. The van der Waals surface area contributed by atoms with Gasteiger partial charge in [0.15, 0.2) is 5.25 Å². The average Bonchev–Trinajstić information content (AvgIpc) is 2.92. The van der Waals surface area contributed by atoms with Crippen LogP contribution < -0.4 is 0 Å². The fourth-order valence-electron chi connectivity index (χ4n) is 2.42. The second-order valence-electron chi connectivity index (χ2n) is 5.55. The Hall–Kier alpha value is -2.31. The summed E-state index contributed by atoms with van der Waals surface area (Å²) < 4.78 is 35.5. The Kier molecular flexibility index (Phi) is 6.26. The molecule has 2 heterocycles. The summed E-state index contributed by atoms with van der Waals surface area (Å²) in [6.45, 7) is 2.26. The summed E-state index contributed by atoms with van der Waals surface area (Å²) in [4.78, 5) is 68.3. The highest BCUT2D eigenvalue weighted by Gasteiger charge is 2.55. The fourth-order valence-corrected chi connectivity index (χ4v) is 3.98. The Labute approximate surface area is 160 Å². The number of hydroxylamine groups is 4. The van der Waals surface area contributed by atoms with Crippen molar-refractivity contribution < 1.29 is 61.2 Å². The first-order valence-corrected chi connectivity index (χ1v) is 9.48. The lowest BCUT2D eigenvalue weighted by molar-refractivity contribution is -0.432. The number of nitrogens with zero attached hydrogens (tertiary/aromatic N) is 2. The van der Waals surface area contributed by atoms with Crippen molar-refractivity contribution in [2.75, 3.05) is 0 Å². The van der Waals surface area contributed by atoms with E-state index in [4.69, 9.17) is 9.81 Å². The van der Waals surface area contributed by atoms with E-state index < -0.39 is 62.2 Å². The quantitative estimate of drug-likeness (QED) is 0.160. The zero-order chi connectivity index (χ0) is 21.4. The Morgan fingerprint density at radius 1 is 0.964 bits per heavy atom. The molecule has 0 aliphatic carbocycles. The minimum absolute atomic E-state index is 0.0277. The van der Waals surface area contributed by atoms with Crippen LogP contribution in [0, 0.1) is 11.8 Å². The van der Waals surface area contributed by atoms with Gasteiger partial charge in [0, 0.05) is 12.0 Å². The van der Waals surface area contributed by atoms with E-state index >= 15 is 0 Å². The summed E-state index contributed by atoms with van der Waals surface area (Å²) in [6, 6.07) is 0. The monoisotopic (exact) mass is 444 g/mol. The molecule has 2 fully saturated rings. The smallest absolute Gasteiger partial charge is 0.293 e. The summed E-state index contributed by atoms with van der Waals surface area (Å²) in [6.07, 6.45) is -1.89. The van der Waals surface area contributed by atoms with Gasteiger partial charge in [-0.25, -0.2) is 5.26 Å². The predicted molar refractivity (Wildman–Crippen MR) is 81.1 cm³/mol. The molecule has 0 saturated carbocycles. The van der Waals surface area contributed by atoms with Crippen LogP contribution in [0.2, 0.25) is 0 Å². The maximum atomic E-state index is 12.0. The van der Waals surface area contributed by atoms with Crippen molar-refractivity contribution in [3.63, 3.8) is 0 Å². The molecule has 17 heteroatoms. The molecule has 0 radical (unpaired) electrons. The summed E-state index contributed by atoms with van der Waals surface area (Å²) in [5, 5.41) is 7.66. The molecule has 2 aliphatic heterocycles. The van der Waals surface area contributed by atoms with Crippen molar-refractivity contribution in [2.45, 2.75) is 24.3 Å². The van der Waals surface area contributed by atoms with Crippen LogP contribution in [-0.4, -0.2) is 68.6 Å². The third kappa shape index (κ3) is 3.93. The first kappa shape index (κ1) is 22.0. The fraction of sp³-hybridized carbons (Fsp3) is 0.545. The molecular weight excluding hydrogens is 432 g/mol. The van der Waals surface area contributed by atoms with Crippen molar-refractivity contribution in [1.29, 1.82) is 0 Å². The zero-order valence-corrected chi connectivity index (χ0v) is 15.5. The highest BCUT2D eigenvalue weighted by Crippen LogP contribution is 2.31. The second kappa shape index (κ2) is 7.97. The van der Waals surface area contributed by atoms with Crippen molar-refractivity contribution in [1.82, 2.24) is 10.1 Å². The van der Waals surface area contributed by atoms with Gasteiger partial charge >= 0.3 is 6.16 Å². The van der Waals surface area contributed by atoms with E-state index in [2.05, 4.69) is 19.0 Å². The van der Waals surface area contributed by atoms with Gasteiger partial charge in [0.2, 0.25) is 0 Å². The van der Waals surface area contributed by atoms with E-state index in [9.17, 15) is 32.4 Å². The van der Waals surface area contributed by atoms with Crippen LogP contribution in [0.1, 0.15) is 13.8 Å². The van der Waals surface area contributed by atoms with Gasteiger partial charge in [-0.1, -0.05) is 29.0 Å². The number of amides is 4. The Morgan fingerprint density at radius 3 is 1.93 bits per heavy atom. The minimum atomic E-state index is -4.98. The van der Waals surface area contributed by atoms with Gasteiger partial charge in [-0.3, -0.25) is 33.4 Å². The molecule has 2 aliphatic rings. The molecule has 4 unspecified atom stereocenters. The van der Waals surface area contributed by atoms with Crippen LogP contribution in [0.15, 0.2) is 0 Å². The van der Waals surface area contributed by atoms with E-state index in [0.29, 0.717) is 0 Å². The van der Waals surface area contributed by atoms with E-state index in [1.165, 1.54) is 6.92 Å². The standard InChI is InChI=1S/C11H12N2O13S2/c1-3-5(27-26-25-19)9(16)12(7(3)14)23-11(18)24-13-8(15)4(2)6(10(13)17)28(20,21)22/h3-6,19H,1-2H3,(H,20,21,22). The van der Waals surface area contributed by atoms with Gasteiger partial charge < -0.3 is 0 Å². The van der Waals surface area contributed by atoms with Crippen molar-refractivity contribution in [3.05, 3.63) is 0 Å². The second-order valence-corrected chi connectivity index (χ2v) is 7.92. The minimum Gasteiger partial charge on any atom is -0.293 e. The number of carbonyl (C=O) groups excluding carboxylic acids is 5. The molecule has 156 valence electrons. The summed E-state index contributed by atoms with van der Waals surface area (Å²) >= 11 is 0.242. The van der Waals surface area contributed by atoms with Crippen LogP contribution in [0.5, 0.6) is 0 Å². The van der Waals surface area contributed by atoms with E-state index in [-0.39, 0.29) is 22.2 Å². The highest BCUT2D eigenvalue weighted by atomic mass is 32.2. The van der Waals surface area contributed by atoms with Crippen molar-refractivity contribution in [3.8, 4) is 0 Å². The lowest BCUT2D eigenvalue weighted by Crippen LogP contribution is -2.40. The van der Waals surface area contributed by atoms with E-state index in [1.807, 2.05) is 0 Å². The molecule has 0 bridgehead atoms. The lowest BCUT2D eigenvalue weighted by Gasteiger charge is -2.16. The Balaban J connectivity index is 2.08. The molecule has 0 aromatic rings. The molecule has 0 aromatic carbocycles. The number of rotatable bonds is 6. The van der Waals surface area contributed by atoms with Gasteiger partial charge in [-0.2, -0.15) is 13.2 Å². The molecule has 0 aromatic heterocycles. The van der Waals surface area contributed by atoms with E-state index in [1.54, 1.807) is 0 Å². The van der Waals surface area contributed by atoms with Crippen LogP contribution in [0.25, 0.3) is 0 Å². The molecule has 2 saturated heterocycles. The molecule has 15 nitrogen and oxygen atoms in total. The van der Waals surface area contributed by atoms with Gasteiger partial charge in [0.1, 0.15) is 5.25 Å². The largest absolute Gasteiger partial charge is 0.560 e. The maximum absolute atomic E-state index is 12.0. The highest BCUT2D eigenvalue weighted by molar-refractivity contribution is 7.96. The zero-order valence-electron chi connectivity index (χ0n) is 13.9. The molecule has 28 heavy (non-hydrogen) atoms. The van der Waals surface area contributed by atoms with Crippen molar-refractivity contribution >= 4 is 51.9 Å². The average molecular weight is 444 g/mol. The third-order valence-electron chi connectivity index (χ3n) is 3.80. The molecule has 2 rings (SSSR count).